The van der Waals surface area contributed by atoms with Crippen LogP contribution in [0, 0.1) is 5.92 Å². The molecule has 2 unspecified atom stereocenters. The molecule has 19 heavy (non-hydrogen) atoms. The van der Waals surface area contributed by atoms with Crippen LogP contribution in [0.5, 0.6) is 0 Å². The maximum atomic E-state index is 6.10. The van der Waals surface area contributed by atoms with E-state index in [1.54, 1.807) is 6.07 Å². The molecular weight excluding hydrogens is 281 g/mol. The Labute approximate surface area is 124 Å². The van der Waals surface area contributed by atoms with Gasteiger partial charge in [-0.25, -0.2) is 0 Å². The van der Waals surface area contributed by atoms with Crippen molar-refractivity contribution in [1.29, 1.82) is 0 Å². The molecule has 4 heteroatoms. The van der Waals surface area contributed by atoms with Gasteiger partial charge < -0.3 is 10.1 Å². The molecule has 0 radical (unpaired) electrons. The number of halogens is 2. The van der Waals surface area contributed by atoms with Crippen molar-refractivity contribution in [3.8, 4) is 0 Å². The Morgan fingerprint density at radius 2 is 1.84 bits per heavy atom. The van der Waals surface area contributed by atoms with Gasteiger partial charge in [0.05, 0.1) is 6.10 Å². The fourth-order valence-electron chi connectivity index (χ4n) is 2.77. The highest BCUT2D eigenvalue weighted by Crippen LogP contribution is 2.36. The van der Waals surface area contributed by atoms with Crippen LogP contribution in [0.15, 0.2) is 18.2 Å². The van der Waals surface area contributed by atoms with E-state index in [0.29, 0.717) is 16.0 Å². The monoisotopic (exact) mass is 299 g/mol. The fourth-order valence-corrected chi connectivity index (χ4v) is 3.31. The van der Waals surface area contributed by atoms with Crippen molar-refractivity contribution in [2.24, 2.45) is 5.92 Å². The second-order valence-corrected chi connectivity index (χ2v) is 6.45. The molecule has 2 aliphatic rings. The first-order valence-corrected chi connectivity index (χ1v) is 7.79. The molecule has 1 saturated heterocycles. The van der Waals surface area contributed by atoms with E-state index in [0.717, 1.165) is 31.2 Å². The van der Waals surface area contributed by atoms with Crippen LogP contribution in [0.3, 0.4) is 0 Å². The molecule has 0 amide bonds. The number of benzene rings is 1. The number of nitrogens with one attached hydrogen (secondary N) is 1. The molecule has 0 bridgehead atoms. The Morgan fingerprint density at radius 1 is 1.11 bits per heavy atom. The highest BCUT2D eigenvalue weighted by atomic mass is 35.5. The van der Waals surface area contributed by atoms with E-state index in [-0.39, 0.29) is 6.10 Å². The van der Waals surface area contributed by atoms with Crippen molar-refractivity contribution in [2.75, 3.05) is 13.2 Å². The lowest BCUT2D eigenvalue weighted by atomic mass is 9.89. The molecule has 2 atom stereocenters. The molecule has 0 spiro atoms. The van der Waals surface area contributed by atoms with Crippen molar-refractivity contribution in [3.63, 3.8) is 0 Å². The van der Waals surface area contributed by atoms with Gasteiger partial charge in [0.25, 0.3) is 0 Å². The van der Waals surface area contributed by atoms with Crippen LogP contribution in [0.25, 0.3) is 0 Å². The van der Waals surface area contributed by atoms with Crippen LogP contribution in [-0.2, 0) is 4.74 Å². The first-order chi connectivity index (χ1) is 9.22. The second-order valence-electron chi connectivity index (χ2n) is 5.58. The van der Waals surface area contributed by atoms with Gasteiger partial charge in [-0.3, -0.25) is 0 Å². The molecule has 1 aromatic carbocycles. The summed E-state index contributed by atoms with van der Waals surface area (Å²) < 4.78 is 5.98. The summed E-state index contributed by atoms with van der Waals surface area (Å²) in [4.78, 5) is 0. The summed E-state index contributed by atoms with van der Waals surface area (Å²) in [5.74, 6) is 0.517. The highest BCUT2D eigenvalue weighted by Gasteiger charge is 2.30. The smallest absolute Gasteiger partial charge is 0.0866 e. The minimum atomic E-state index is 0.121. The van der Waals surface area contributed by atoms with Crippen LogP contribution in [0.4, 0.5) is 0 Å². The molecule has 1 N–H and O–H groups in total. The minimum Gasteiger partial charge on any atom is -0.373 e. The summed E-state index contributed by atoms with van der Waals surface area (Å²) in [6.07, 6.45) is 5.11. The van der Waals surface area contributed by atoms with E-state index in [4.69, 9.17) is 27.9 Å². The van der Waals surface area contributed by atoms with E-state index in [1.807, 2.05) is 12.1 Å². The lowest BCUT2D eigenvalue weighted by molar-refractivity contribution is -0.0278. The lowest BCUT2D eigenvalue weighted by Crippen LogP contribution is -2.32. The number of hydrogen-bond donors (Lipinski definition) is 1. The van der Waals surface area contributed by atoms with Crippen LogP contribution in [0.2, 0.25) is 10.0 Å². The van der Waals surface area contributed by atoms with Gasteiger partial charge in [0.1, 0.15) is 0 Å². The molecule has 104 valence electrons. The number of ether oxygens (including phenoxy) is 1. The van der Waals surface area contributed by atoms with Crippen molar-refractivity contribution < 1.29 is 4.74 Å². The van der Waals surface area contributed by atoms with Gasteiger partial charge in [0.2, 0.25) is 0 Å². The summed E-state index contributed by atoms with van der Waals surface area (Å²) in [6, 6.07) is 6.47. The first kappa shape index (κ1) is 13.7. The van der Waals surface area contributed by atoms with Crippen molar-refractivity contribution in [3.05, 3.63) is 33.8 Å². The van der Waals surface area contributed by atoms with Crippen LogP contribution >= 0.6 is 23.2 Å². The number of rotatable bonds is 4. The molecule has 1 saturated carbocycles. The second kappa shape index (κ2) is 6.01. The van der Waals surface area contributed by atoms with E-state index < -0.39 is 0 Å². The van der Waals surface area contributed by atoms with E-state index in [1.165, 1.54) is 19.3 Å². The molecule has 0 aromatic heterocycles. The average molecular weight is 300 g/mol. The van der Waals surface area contributed by atoms with E-state index in [2.05, 4.69) is 5.32 Å². The van der Waals surface area contributed by atoms with E-state index >= 15 is 0 Å². The molecule has 2 fully saturated rings. The lowest BCUT2D eigenvalue weighted by Gasteiger charge is -2.32. The van der Waals surface area contributed by atoms with Gasteiger partial charge in [-0.05, 0) is 49.4 Å². The normalized spacial score (nSPS) is 27.5. The maximum Gasteiger partial charge on any atom is 0.0866 e. The third-order valence-electron chi connectivity index (χ3n) is 3.90. The molecular formula is C15H19Cl2NO. The van der Waals surface area contributed by atoms with Crippen LogP contribution < -0.4 is 5.32 Å². The van der Waals surface area contributed by atoms with Gasteiger partial charge in [-0.1, -0.05) is 23.2 Å². The molecule has 1 heterocycles. The Kier molecular flexibility index (Phi) is 4.33. The standard InChI is InChI=1S/C15H19Cl2NO/c16-12-6-11(7-13(17)8-12)15-10(2-1-5-19-15)9-18-14-3-4-14/h6-8,10,14-15,18H,1-5,9H2. The summed E-state index contributed by atoms with van der Waals surface area (Å²) >= 11 is 12.2. The Morgan fingerprint density at radius 3 is 2.53 bits per heavy atom. The molecule has 1 aliphatic carbocycles. The molecule has 1 aromatic rings. The SMILES string of the molecule is Clc1cc(Cl)cc(C2OCCCC2CNC2CC2)c1. The van der Waals surface area contributed by atoms with Gasteiger partial charge in [0, 0.05) is 35.2 Å². The Bertz CT molecular complexity index is 428. The summed E-state index contributed by atoms with van der Waals surface area (Å²) in [5.41, 5.74) is 1.11. The van der Waals surface area contributed by atoms with Gasteiger partial charge >= 0.3 is 0 Å². The zero-order valence-corrected chi connectivity index (χ0v) is 12.4. The van der Waals surface area contributed by atoms with Crippen molar-refractivity contribution in [2.45, 2.75) is 37.8 Å². The first-order valence-electron chi connectivity index (χ1n) is 7.03. The summed E-state index contributed by atoms with van der Waals surface area (Å²) in [6.45, 7) is 1.86. The molecule has 1 aliphatic heterocycles. The summed E-state index contributed by atoms with van der Waals surface area (Å²) in [5, 5.41) is 4.98. The van der Waals surface area contributed by atoms with Crippen LogP contribution in [-0.4, -0.2) is 19.2 Å². The highest BCUT2D eigenvalue weighted by molar-refractivity contribution is 6.34. The Balaban J connectivity index is 1.73. The fraction of sp³-hybridized carbons (Fsp3) is 0.600. The van der Waals surface area contributed by atoms with Gasteiger partial charge in [-0.15, -0.1) is 0 Å². The topological polar surface area (TPSA) is 21.3 Å². The largest absolute Gasteiger partial charge is 0.373 e. The Hall–Kier alpha value is -0.280. The third-order valence-corrected chi connectivity index (χ3v) is 4.34. The summed E-state index contributed by atoms with van der Waals surface area (Å²) in [7, 11) is 0. The number of hydrogen-bond acceptors (Lipinski definition) is 2. The van der Waals surface area contributed by atoms with Crippen LogP contribution in [0.1, 0.15) is 37.4 Å². The van der Waals surface area contributed by atoms with Crippen molar-refractivity contribution >= 4 is 23.2 Å². The quantitative estimate of drug-likeness (QED) is 0.899. The molecule has 2 nitrogen and oxygen atoms in total. The maximum absolute atomic E-state index is 6.10. The van der Waals surface area contributed by atoms with Crippen molar-refractivity contribution in [1.82, 2.24) is 5.32 Å². The predicted octanol–water partition coefficient (Wildman–Crippen LogP) is 4.21. The minimum absolute atomic E-state index is 0.121. The van der Waals surface area contributed by atoms with E-state index in [9.17, 15) is 0 Å². The van der Waals surface area contributed by atoms with Gasteiger partial charge in [-0.2, -0.15) is 0 Å². The zero-order valence-electron chi connectivity index (χ0n) is 10.9. The zero-order chi connectivity index (χ0) is 13.2. The van der Waals surface area contributed by atoms with Gasteiger partial charge in [0.15, 0.2) is 0 Å². The third kappa shape index (κ3) is 3.63. The molecule has 3 rings (SSSR count). The average Bonchev–Trinajstić information content (AvgIpc) is 3.19. The predicted molar refractivity (Wildman–Crippen MR) is 78.9 cm³/mol.